The van der Waals surface area contributed by atoms with Gasteiger partial charge in [-0.3, -0.25) is 4.79 Å². The molecule has 0 aliphatic heterocycles. The molecule has 0 bridgehead atoms. The number of primary amides is 1. The maximum Gasteiger partial charge on any atom is 0.252 e. The van der Waals surface area contributed by atoms with Gasteiger partial charge in [-0.2, -0.15) is 0 Å². The number of benzene rings is 1. The minimum atomic E-state index is -0.516. The Balaban J connectivity index is 3.27. The van der Waals surface area contributed by atoms with Gasteiger partial charge in [0.1, 0.15) is 5.75 Å². The summed E-state index contributed by atoms with van der Waals surface area (Å²) < 4.78 is 5.75. The number of hydrogen-bond donors (Lipinski definition) is 1. The lowest BCUT2D eigenvalue weighted by Gasteiger charge is -2.18. The van der Waals surface area contributed by atoms with E-state index in [9.17, 15) is 4.79 Å². The van der Waals surface area contributed by atoms with Crippen LogP contribution in [0, 0.1) is 5.92 Å². The quantitative estimate of drug-likeness (QED) is 0.888. The molecule has 0 saturated heterocycles. The van der Waals surface area contributed by atoms with Crippen LogP contribution in [0.25, 0.3) is 0 Å². The molecule has 4 heteroatoms. The average molecular weight is 270 g/mol. The third-order valence-electron chi connectivity index (χ3n) is 2.53. The SMILES string of the molecule is CC(C)COc1c(C(N)=O)cc(Cl)cc1C(C)C. The molecule has 0 saturated carbocycles. The van der Waals surface area contributed by atoms with E-state index >= 15 is 0 Å². The van der Waals surface area contributed by atoms with Crippen molar-refractivity contribution in [2.75, 3.05) is 6.61 Å². The van der Waals surface area contributed by atoms with Gasteiger partial charge in [0.05, 0.1) is 12.2 Å². The molecule has 0 atom stereocenters. The van der Waals surface area contributed by atoms with E-state index in [0.717, 1.165) is 5.56 Å². The Bertz CT molecular complexity index is 442. The van der Waals surface area contributed by atoms with Crippen LogP contribution in [0.1, 0.15) is 49.5 Å². The van der Waals surface area contributed by atoms with Crippen molar-refractivity contribution >= 4 is 17.5 Å². The molecule has 100 valence electrons. The summed E-state index contributed by atoms with van der Waals surface area (Å²) in [5.41, 5.74) is 6.65. The fourth-order valence-corrected chi connectivity index (χ4v) is 1.86. The van der Waals surface area contributed by atoms with Crippen LogP contribution in [0.3, 0.4) is 0 Å². The van der Waals surface area contributed by atoms with Crippen LogP contribution in [-0.2, 0) is 0 Å². The second kappa shape index (κ2) is 6.10. The zero-order chi connectivity index (χ0) is 13.9. The maximum atomic E-state index is 11.5. The molecule has 0 fully saturated rings. The van der Waals surface area contributed by atoms with Gasteiger partial charge in [0, 0.05) is 5.02 Å². The van der Waals surface area contributed by atoms with E-state index in [2.05, 4.69) is 13.8 Å². The van der Waals surface area contributed by atoms with Crippen molar-refractivity contribution in [3.63, 3.8) is 0 Å². The predicted octanol–water partition coefficient (Wildman–Crippen LogP) is 3.60. The Hall–Kier alpha value is -1.22. The molecule has 1 aromatic rings. The van der Waals surface area contributed by atoms with Gasteiger partial charge in [0.15, 0.2) is 0 Å². The van der Waals surface area contributed by atoms with E-state index in [1.165, 1.54) is 0 Å². The molecule has 0 radical (unpaired) electrons. The number of rotatable bonds is 5. The lowest BCUT2D eigenvalue weighted by molar-refractivity contribution is 0.0995. The fraction of sp³-hybridized carbons (Fsp3) is 0.500. The normalized spacial score (nSPS) is 11.1. The smallest absolute Gasteiger partial charge is 0.252 e. The summed E-state index contributed by atoms with van der Waals surface area (Å²) in [4.78, 5) is 11.5. The van der Waals surface area contributed by atoms with E-state index in [0.29, 0.717) is 28.9 Å². The summed E-state index contributed by atoms with van der Waals surface area (Å²) in [6.07, 6.45) is 0. The third kappa shape index (κ3) is 3.64. The summed E-state index contributed by atoms with van der Waals surface area (Å²) in [5, 5.41) is 0.504. The molecular formula is C14H20ClNO2. The molecule has 0 heterocycles. The third-order valence-corrected chi connectivity index (χ3v) is 2.75. The van der Waals surface area contributed by atoms with Crippen LogP contribution in [-0.4, -0.2) is 12.5 Å². The highest BCUT2D eigenvalue weighted by molar-refractivity contribution is 6.31. The molecule has 1 aromatic carbocycles. The first-order valence-electron chi connectivity index (χ1n) is 6.09. The number of hydrogen-bond acceptors (Lipinski definition) is 2. The highest BCUT2D eigenvalue weighted by atomic mass is 35.5. The van der Waals surface area contributed by atoms with Crippen LogP contribution in [0.2, 0.25) is 5.02 Å². The van der Waals surface area contributed by atoms with Gasteiger partial charge in [-0.05, 0) is 29.5 Å². The van der Waals surface area contributed by atoms with E-state index in [4.69, 9.17) is 22.1 Å². The van der Waals surface area contributed by atoms with Crippen molar-refractivity contribution in [3.8, 4) is 5.75 Å². The van der Waals surface area contributed by atoms with E-state index in [1.807, 2.05) is 19.9 Å². The molecule has 0 aliphatic rings. The van der Waals surface area contributed by atoms with Crippen molar-refractivity contribution in [2.24, 2.45) is 11.7 Å². The van der Waals surface area contributed by atoms with Crippen LogP contribution >= 0.6 is 11.6 Å². The molecule has 0 spiro atoms. The minimum Gasteiger partial charge on any atom is -0.492 e. The van der Waals surface area contributed by atoms with Crippen molar-refractivity contribution in [1.82, 2.24) is 0 Å². The van der Waals surface area contributed by atoms with E-state index in [1.54, 1.807) is 6.07 Å². The maximum absolute atomic E-state index is 11.5. The van der Waals surface area contributed by atoms with Crippen molar-refractivity contribution in [3.05, 3.63) is 28.3 Å². The lowest BCUT2D eigenvalue weighted by atomic mass is 9.98. The Kier molecular flexibility index (Phi) is 5.03. The fourth-order valence-electron chi connectivity index (χ4n) is 1.64. The predicted molar refractivity (Wildman–Crippen MR) is 74.4 cm³/mol. The zero-order valence-corrected chi connectivity index (χ0v) is 12.0. The molecule has 0 aromatic heterocycles. The van der Waals surface area contributed by atoms with Crippen LogP contribution in [0.15, 0.2) is 12.1 Å². The zero-order valence-electron chi connectivity index (χ0n) is 11.3. The first kappa shape index (κ1) is 14.8. The largest absolute Gasteiger partial charge is 0.492 e. The average Bonchev–Trinajstić information content (AvgIpc) is 2.25. The number of carbonyl (C=O) groups is 1. The Labute approximate surface area is 113 Å². The molecule has 0 unspecified atom stereocenters. The Morgan fingerprint density at radius 1 is 1.33 bits per heavy atom. The summed E-state index contributed by atoms with van der Waals surface area (Å²) in [6, 6.07) is 3.39. The number of carbonyl (C=O) groups excluding carboxylic acids is 1. The number of nitrogens with two attached hydrogens (primary N) is 1. The van der Waals surface area contributed by atoms with Gasteiger partial charge in [-0.15, -0.1) is 0 Å². The monoisotopic (exact) mass is 269 g/mol. The topological polar surface area (TPSA) is 52.3 Å². The highest BCUT2D eigenvalue weighted by Crippen LogP contribution is 2.33. The highest BCUT2D eigenvalue weighted by Gasteiger charge is 2.18. The van der Waals surface area contributed by atoms with Crippen molar-refractivity contribution < 1.29 is 9.53 Å². The van der Waals surface area contributed by atoms with E-state index < -0.39 is 5.91 Å². The first-order chi connectivity index (χ1) is 8.32. The second-order valence-electron chi connectivity index (χ2n) is 5.10. The summed E-state index contributed by atoms with van der Waals surface area (Å²) in [7, 11) is 0. The first-order valence-corrected chi connectivity index (χ1v) is 6.46. The Morgan fingerprint density at radius 2 is 1.94 bits per heavy atom. The van der Waals surface area contributed by atoms with Crippen LogP contribution < -0.4 is 10.5 Å². The lowest BCUT2D eigenvalue weighted by Crippen LogP contribution is -2.16. The molecular weight excluding hydrogens is 250 g/mol. The standard InChI is InChI=1S/C14H20ClNO2/c1-8(2)7-18-13-11(9(3)4)5-10(15)6-12(13)14(16)17/h5-6,8-9H,7H2,1-4H3,(H2,16,17). The van der Waals surface area contributed by atoms with Gasteiger partial charge in [0.25, 0.3) is 5.91 Å². The van der Waals surface area contributed by atoms with Crippen molar-refractivity contribution in [1.29, 1.82) is 0 Å². The van der Waals surface area contributed by atoms with Gasteiger partial charge in [-0.1, -0.05) is 39.3 Å². The number of halogens is 1. The van der Waals surface area contributed by atoms with Crippen molar-refractivity contribution in [2.45, 2.75) is 33.6 Å². The molecule has 18 heavy (non-hydrogen) atoms. The second-order valence-corrected chi connectivity index (χ2v) is 5.53. The van der Waals surface area contributed by atoms with E-state index in [-0.39, 0.29) is 5.92 Å². The van der Waals surface area contributed by atoms with Gasteiger partial charge in [0.2, 0.25) is 0 Å². The van der Waals surface area contributed by atoms with Gasteiger partial charge < -0.3 is 10.5 Å². The molecule has 2 N–H and O–H groups in total. The van der Waals surface area contributed by atoms with Gasteiger partial charge in [-0.25, -0.2) is 0 Å². The van der Waals surface area contributed by atoms with Crippen LogP contribution in [0.5, 0.6) is 5.75 Å². The molecule has 1 amide bonds. The number of amides is 1. The summed E-state index contributed by atoms with van der Waals surface area (Å²) >= 11 is 6.01. The summed E-state index contributed by atoms with van der Waals surface area (Å²) in [5.74, 6) is 0.638. The minimum absolute atomic E-state index is 0.212. The molecule has 1 rings (SSSR count). The summed E-state index contributed by atoms with van der Waals surface area (Å²) in [6.45, 7) is 8.70. The molecule has 0 aliphatic carbocycles. The molecule has 3 nitrogen and oxygen atoms in total. The van der Waals surface area contributed by atoms with Gasteiger partial charge >= 0.3 is 0 Å². The Morgan fingerprint density at radius 3 is 2.39 bits per heavy atom. The van der Waals surface area contributed by atoms with Crippen LogP contribution in [0.4, 0.5) is 0 Å². The number of ether oxygens (including phenoxy) is 1.